The molecule has 0 aromatic heterocycles. The van der Waals surface area contributed by atoms with Crippen molar-refractivity contribution in [2.24, 2.45) is 0 Å². The first-order valence-corrected chi connectivity index (χ1v) is 6.37. The van der Waals surface area contributed by atoms with Gasteiger partial charge in [0.05, 0.1) is 19.8 Å². The van der Waals surface area contributed by atoms with E-state index in [2.05, 4.69) is 0 Å². The molecule has 0 bridgehead atoms. The van der Waals surface area contributed by atoms with Gasteiger partial charge in [0.1, 0.15) is 12.4 Å². The molecule has 0 heterocycles. The van der Waals surface area contributed by atoms with Gasteiger partial charge < -0.3 is 19.5 Å². The second kappa shape index (κ2) is 7.47. The molecule has 6 nitrogen and oxygen atoms in total. The Labute approximate surface area is 122 Å². The molecule has 1 aromatic carbocycles. The van der Waals surface area contributed by atoms with Gasteiger partial charge >= 0.3 is 5.97 Å². The fourth-order valence-electron chi connectivity index (χ4n) is 1.87. The summed E-state index contributed by atoms with van der Waals surface area (Å²) in [6.07, 6.45) is 0.563. The quantitative estimate of drug-likeness (QED) is 0.830. The third-order valence-electron chi connectivity index (χ3n) is 2.81. The standard InChI is InChI=1S/C14H18FNO5/c1-4-5-16(8-13(17)18)14(19)9-6-11(20-2)12(21-3)7-10(9)15/h6-7H,4-5,8H2,1-3H3,(H,17,18). The number of methoxy groups -OCH3 is 2. The zero-order valence-corrected chi connectivity index (χ0v) is 12.2. The number of nitrogens with zero attached hydrogens (tertiary/aromatic N) is 1. The molecule has 1 amide bonds. The van der Waals surface area contributed by atoms with Gasteiger partial charge in [0, 0.05) is 12.6 Å². The van der Waals surface area contributed by atoms with Gasteiger partial charge in [0.15, 0.2) is 11.5 Å². The van der Waals surface area contributed by atoms with Crippen LogP contribution in [0.15, 0.2) is 12.1 Å². The average Bonchev–Trinajstić information content (AvgIpc) is 2.45. The predicted octanol–water partition coefficient (Wildman–Crippen LogP) is 1.78. The normalized spacial score (nSPS) is 10.1. The van der Waals surface area contributed by atoms with Crippen molar-refractivity contribution in [1.82, 2.24) is 4.90 Å². The van der Waals surface area contributed by atoms with E-state index in [1.165, 1.54) is 20.3 Å². The molecule has 7 heteroatoms. The van der Waals surface area contributed by atoms with E-state index in [9.17, 15) is 14.0 Å². The minimum Gasteiger partial charge on any atom is -0.493 e. The molecule has 0 fully saturated rings. The van der Waals surface area contributed by atoms with Gasteiger partial charge in [-0.1, -0.05) is 6.92 Å². The van der Waals surface area contributed by atoms with Gasteiger partial charge in [0.25, 0.3) is 5.91 Å². The van der Waals surface area contributed by atoms with Crippen molar-refractivity contribution in [2.75, 3.05) is 27.3 Å². The van der Waals surface area contributed by atoms with E-state index in [1.54, 1.807) is 6.92 Å². The Balaban J connectivity index is 3.17. The van der Waals surface area contributed by atoms with Crippen LogP contribution in [0.1, 0.15) is 23.7 Å². The summed E-state index contributed by atoms with van der Waals surface area (Å²) in [5.41, 5.74) is -0.248. The van der Waals surface area contributed by atoms with Crippen molar-refractivity contribution in [3.8, 4) is 11.5 Å². The SMILES string of the molecule is CCCN(CC(=O)O)C(=O)c1cc(OC)c(OC)cc1F. The summed E-state index contributed by atoms with van der Waals surface area (Å²) in [5, 5.41) is 8.83. The van der Waals surface area contributed by atoms with Crippen LogP contribution in [0.3, 0.4) is 0 Å². The van der Waals surface area contributed by atoms with E-state index >= 15 is 0 Å². The maximum atomic E-state index is 14.0. The second-order valence-electron chi connectivity index (χ2n) is 4.31. The van der Waals surface area contributed by atoms with E-state index in [1.807, 2.05) is 0 Å². The van der Waals surface area contributed by atoms with Gasteiger partial charge in [-0.05, 0) is 12.5 Å². The minimum absolute atomic E-state index is 0.159. The molecule has 0 aliphatic heterocycles. The lowest BCUT2D eigenvalue weighted by Gasteiger charge is -2.21. The summed E-state index contributed by atoms with van der Waals surface area (Å²) in [6, 6.07) is 2.25. The van der Waals surface area contributed by atoms with Gasteiger partial charge in [-0.3, -0.25) is 9.59 Å². The van der Waals surface area contributed by atoms with Crippen LogP contribution in [0, 0.1) is 5.82 Å². The van der Waals surface area contributed by atoms with Crippen molar-refractivity contribution in [3.63, 3.8) is 0 Å². The summed E-state index contributed by atoms with van der Waals surface area (Å²) >= 11 is 0. The molecule has 0 atom stereocenters. The molecule has 1 aromatic rings. The Morgan fingerprint density at radius 3 is 2.29 bits per heavy atom. The first-order valence-electron chi connectivity index (χ1n) is 6.37. The first-order chi connectivity index (χ1) is 9.94. The highest BCUT2D eigenvalue weighted by molar-refractivity contribution is 5.96. The molecule has 0 aliphatic rings. The van der Waals surface area contributed by atoms with Crippen molar-refractivity contribution in [3.05, 3.63) is 23.5 Å². The molecule has 0 saturated heterocycles. The maximum absolute atomic E-state index is 14.0. The minimum atomic E-state index is -1.15. The van der Waals surface area contributed by atoms with Crippen LogP contribution < -0.4 is 9.47 Å². The van der Waals surface area contributed by atoms with Crippen LogP contribution in [0.4, 0.5) is 4.39 Å². The van der Waals surface area contributed by atoms with Crippen molar-refractivity contribution in [1.29, 1.82) is 0 Å². The van der Waals surface area contributed by atoms with Crippen LogP contribution in [-0.2, 0) is 4.79 Å². The maximum Gasteiger partial charge on any atom is 0.323 e. The van der Waals surface area contributed by atoms with Crippen molar-refractivity contribution in [2.45, 2.75) is 13.3 Å². The molecular formula is C14H18FNO5. The molecule has 1 rings (SSSR count). The van der Waals surface area contributed by atoms with Gasteiger partial charge in [-0.2, -0.15) is 0 Å². The molecular weight excluding hydrogens is 281 g/mol. The monoisotopic (exact) mass is 299 g/mol. The van der Waals surface area contributed by atoms with Gasteiger partial charge in [0.2, 0.25) is 0 Å². The van der Waals surface area contributed by atoms with Crippen LogP contribution in [-0.4, -0.2) is 49.2 Å². The number of carboxylic acid groups (broad SMARTS) is 1. The van der Waals surface area contributed by atoms with Crippen molar-refractivity contribution < 1.29 is 28.6 Å². The largest absolute Gasteiger partial charge is 0.493 e. The summed E-state index contributed by atoms with van der Waals surface area (Å²) in [5.74, 6) is -2.28. The molecule has 0 unspecified atom stereocenters. The number of aliphatic carboxylic acids is 1. The topological polar surface area (TPSA) is 76.1 Å². The van der Waals surface area contributed by atoms with E-state index < -0.39 is 24.2 Å². The number of carboxylic acids is 1. The Kier molecular flexibility index (Phi) is 5.95. The average molecular weight is 299 g/mol. The van der Waals surface area contributed by atoms with E-state index in [4.69, 9.17) is 14.6 Å². The second-order valence-corrected chi connectivity index (χ2v) is 4.31. The number of hydrogen-bond acceptors (Lipinski definition) is 4. The number of halogens is 1. The highest BCUT2D eigenvalue weighted by atomic mass is 19.1. The number of carbonyl (C=O) groups is 2. The molecule has 21 heavy (non-hydrogen) atoms. The Morgan fingerprint density at radius 1 is 1.24 bits per heavy atom. The first kappa shape index (κ1) is 16.7. The van der Waals surface area contributed by atoms with E-state index in [0.29, 0.717) is 6.42 Å². The highest BCUT2D eigenvalue weighted by Gasteiger charge is 2.23. The predicted molar refractivity (Wildman–Crippen MR) is 73.3 cm³/mol. The number of amides is 1. The van der Waals surface area contributed by atoms with Gasteiger partial charge in [-0.15, -0.1) is 0 Å². The zero-order valence-electron chi connectivity index (χ0n) is 12.2. The fraction of sp³-hybridized carbons (Fsp3) is 0.429. The van der Waals surface area contributed by atoms with E-state index in [0.717, 1.165) is 11.0 Å². The van der Waals surface area contributed by atoms with Crippen molar-refractivity contribution >= 4 is 11.9 Å². The number of ether oxygens (including phenoxy) is 2. The summed E-state index contributed by atoms with van der Waals surface area (Å²) < 4.78 is 24.0. The molecule has 1 N–H and O–H groups in total. The molecule has 0 radical (unpaired) electrons. The molecule has 0 spiro atoms. The Bertz CT molecular complexity index is 532. The van der Waals surface area contributed by atoms with Crippen LogP contribution in [0.25, 0.3) is 0 Å². The van der Waals surface area contributed by atoms with Crippen LogP contribution in [0.2, 0.25) is 0 Å². The Morgan fingerprint density at radius 2 is 1.81 bits per heavy atom. The highest BCUT2D eigenvalue weighted by Crippen LogP contribution is 2.30. The smallest absolute Gasteiger partial charge is 0.323 e. The number of hydrogen-bond donors (Lipinski definition) is 1. The summed E-state index contributed by atoms with van der Waals surface area (Å²) in [4.78, 5) is 24.2. The van der Waals surface area contributed by atoms with Gasteiger partial charge in [-0.25, -0.2) is 4.39 Å². The molecule has 116 valence electrons. The summed E-state index contributed by atoms with van der Waals surface area (Å²) in [7, 11) is 2.72. The van der Waals surface area contributed by atoms with E-state index in [-0.39, 0.29) is 23.6 Å². The zero-order chi connectivity index (χ0) is 16.0. The lowest BCUT2D eigenvalue weighted by molar-refractivity contribution is -0.137. The van der Waals surface area contributed by atoms with Crippen LogP contribution in [0.5, 0.6) is 11.5 Å². The number of rotatable bonds is 7. The number of benzene rings is 1. The third kappa shape index (κ3) is 4.08. The third-order valence-corrected chi connectivity index (χ3v) is 2.81. The lowest BCUT2D eigenvalue weighted by Crippen LogP contribution is -2.36. The fourth-order valence-corrected chi connectivity index (χ4v) is 1.87. The van der Waals surface area contributed by atoms with Crippen LogP contribution >= 0.6 is 0 Å². The summed E-state index contributed by atoms with van der Waals surface area (Å²) in [6.45, 7) is 1.53. The Hall–Kier alpha value is -2.31. The molecule has 0 aliphatic carbocycles. The number of carbonyl (C=O) groups excluding carboxylic acids is 1. The lowest BCUT2D eigenvalue weighted by atomic mass is 10.1. The molecule has 0 saturated carbocycles.